The zero-order chi connectivity index (χ0) is 19.1. The van der Waals surface area contributed by atoms with Gasteiger partial charge in [0.05, 0.1) is 17.1 Å². The van der Waals surface area contributed by atoms with Crippen LogP contribution in [-0.4, -0.2) is 19.7 Å². The summed E-state index contributed by atoms with van der Waals surface area (Å²) in [6.45, 7) is 0. The SMILES string of the molecule is FC(F)(F)c1cc2n(n1)C1(c3ccccc3-2)c2cccnc2-c2ncccc21. The zero-order valence-corrected chi connectivity index (χ0v) is 14.3. The first kappa shape index (κ1) is 15.6. The van der Waals surface area contributed by atoms with Crippen LogP contribution in [0.2, 0.25) is 0 Å². The van der Waals surface area contributed by atoms with Gasteiger partial charge in [-0.1, -0.05) is 36.4 Å². The molecule has 0 unspecified atom stereocenters. The molecule has 0 fully saturated rings. The Morgan fingerprint density at radius 3 is 2.04 bits per heavy atom. The molecule has 0 saturated carbocycles. The van der Waals surface area contributed by atoms with Crippen molar-refractivity contribution in [3.05, 3.63) is 89.4 Å². The van der Waals surface area contributed by atoms with Crippen LogP contribution in [0.15, 0.2) is 67.0 Å². The summed E-state index contributed by atoms with van der Waals surface area (Å²) in [4.78, 5) is 8.99. The van der Waals surface area contributed by atoms with Crippen LogP contribution in [0.5, 0.6) is 0 Å². The normalized spacial score (nSPS) is 15.2. The molecule has 1 aliphatic heterocycles. The van der Waals surface area contributed by atoms with Gasteiger partial charge in [0.25, 0.3) is 0 Å². The number of rotatable bonds is 0. The second-order valence-corrected chi connectivity index (χ2v) is 6.88. The van der Waals surface area contributed by atoms with Gasteiger partial charge in [-0.25, -0.2) is 4.68 Å². The van der Waals surface area contributed by atoms with Gasteiger partial charge in [0.1, 0.15) is 5.54 Å². The van der Waals surface area contributed by atoms with Gasteiger partial charge in [0.2, 0.25) is 0 Å². The van der Waals surface area contributed by atoms with Gasteiger partial charge in [0, 0.05) is 29.1 Å². The lowest BCUT2D eigenvalue weighted by molar-refractivity contribution is -0.141. The first-order chi connectivity index (χ1) is 13.5. The molecule has 4 aromatic rings. The van der Waals surface area contributed by atoms with Crippen molar-refractivity contribution < 1.29 is 13.2 Å². The summed E-state index contributed by atoms with van der Waals surface area (Å²) >= 11 is 0. The number of hydrogen-bond acceptors (Lipinski definition) is 3. The van der Waals surface area contributed by atoms with E-state index in [1.165, 1.54) is 4.68 Å². The van der Waals surface area contributed by atoms with Gasteiger partial charge in [-0.05, 0) is 23.8 Å². The first-order valence-corrected chi connectivity index (χ1v) is 8.72. The van der Waals surface area contributed by atoms with Crippen LogP contribution in [0.1, 0.15) is 22.4 Å². The molecule has 4 nitrogen and oxygen atoms in total. The van der Waals surface area contributed by atoms with Gasteiger partial charge in [-0.3, -0.25) is 9.97 Å². The molecule has 0 saturated heterocycles. The molecule has 7 heteroatoms. The molecule has 0 radical (unpaired) electrons. The molecule has 1 aliphatic carbocycles. The summed E-state index contributed by atoms with van der Waals surface area (Å²) in [5.41, 5.74) is 3.05. The van der Waals surface area contributed by atoms with Gasteiger partial charge < -0.3 is 0 Å². The maximum absolute atomic E-state index is 13.5. The third-order valence-corrected chi connectivity index (χ3v) is 5.53. The Morgan fingerprint density at radius 1 is 0.786 bits per heavy atom. The van der Waals surface area contributed by atoms with E-state index in [4.69, 9.17) is 0 Å². The molecule has 28 heavy (non-hydrogen) atoms. The molecule has 0 atom stereocenters. The average molecular weight is 376 g/mol. The van der Waals surface area contributed by atoms with Crippen LogP contribution >= 0.6 is 0 Å². The lowest BCUT2D eigenvalue weighted by Crippen LogP contribution is -2.34. The molecule has 4 heterocycles. The predicted molar refractivity (Wildman–Crippen MR) is 95.4 cm³/mol. The van der Waals surface area contributed by atoms with E-state index in [0.717, 1.165) is 28.3 Å². The Kier molecular flexibility index (Phi) is 2.70. The Labute approximate surface area is 157 Å². The Bertz CT molecular complexity index is 1230. The van der Waals surface area contributed by atoms with Crippen LogP contribution in [0.25, 0.3) is 22.6 Å². The Morgan fingerprint density at radius 2 is 1.39 bits per heavy atom. The molecule has 3 aromatic heterocycles. The van der Waals surface area contributed by atoms with E-state index < -0.39 is 17.4 Å². The second-order valence-electron chi connectivity index (χ2n) is 6.88. The minimum Gasteiger partial charge on any atom is -0.254 e. The van der Waals surface area contributed by atoms with Crippen LogP contribution in [0.3, 0.4) is 0 Å². The maximum Gasteiger partial charge on any atom is 0.435 e. The van der Waals surface area contributed by atoms with E-state index in [1.807, 2.05) is 36.4 Å². The minimum absolute atomic E-state index is 0.439. The Balaban J connectivity index is 1.82. The van der Waals surface area contributed by atoms with Crippen molar-refractivity contribution in [2.45, 2.75) is 11.7 Å². The number of benzene rings is 1. The van der Waals surface area contributed by atoms with E-state index in [1.54, 1.807) is 24.5 Å². The minimum atomic E-state index is -4.53. The highest BCUT2D eigenvalue weighted by Gasteiger charge is 2.55. The number of pyridine rings is 2. The molecule has 1 spiro atoms. The Hall–Kier alpha value is -3.48. The summed E-state index contributed by atoms with van der Waals surface area (Å²) in [5, 5.41) is 4.05. The monoisotopic (exact) mass is 376 g/mol. The highest BCUT2D eigenvalue weighted by Crippen LogP contribution is 2.58. The number of halogens is 3. The van der Waals surface area contributed by atoms with Crippen LogP contribution in [-0.2, 0) is 11.7 Å². The fraction of sp³-hybridized carbons (Fsp3) is 0.0952. The van der Waals surface area contributed by atoms with Gasteiger partial charge in [-0.15, -0.1) is 0 Å². The van der Waals surface area contributed by atoms with Crippen LogP contribution < -0.4 is 0 Å². The van der Waals surface area contributed by atoms with Gasteiger partial charge >= 0.3 is 6.18 Å². The van der Waals surface area contributed by atoms with E-state index >= 15 is 0 Å². The van der Waals surface area contributed by atoms with Gasteiger partial charge in [-0.2, -0.15) is 18.3 Å². The molecule has 2 aliphatic rings. The third-order valence-electron chi connectivity index (χ3n) is 5.53. The topological polar surface area (TPSA) is 43.6 Å². The highest BCUT2D eigenvalue weighted by molar-refractivity contribution is 5.85. The molecular formula is C21H11F3N4. The summed E-state index contributed by atoms with van der Waals surface area (Å²) in [6, 6.07) is 16.0. The largest absolute Gasteiger partial charge is 0.435 e. The van der Waals surface area contributed by atoms with Crippen molar-refractivity contribution in [1.29, 1.82) is 0 Å². The number of aromatic nitrogens is 4. The fourth-order valence-corrected chi connectivity index (χ4v) is 4.54. The van der Waals surface area contributed by atoms with Crippen molar-refractivity contribution in [3.8, 4) is 22.6 Å². The molecular weight excluding hydrogens is 365 g/mol. The van der Waals surface area contributed by atoms with E-state index in [9.17, 15) is 13.2 Å². The molecule has 0 N–H and O–H groups in total. The molecule has 1 aromatic carbocycles. The lowest BCUT2D eigenvalue weighted by atomic mass is 9.81. The smallest absolute Gasteiger partial charge is 0.254 e. The van der Waals surface area contributed by atoms with Gasteiger partial charge in [0.15, 0.2) is 5.69 Å². The molecule has 0 amide bonds. The fourth-order valence-electron chi connectivity index (χ4n) is 4.54. The first-order valence-electron chi connectivity index (χ1n) is 8.72. The van der Waals surface area contributed by atoms with Crippen molar-refractivity contribution >= 4 is 0 Å². The number of hydrogen-bond donors (Lipinski definition) is 0. The second kappa shape index (κ2) is 4.86. The summed E-state index contributed by atoms with van der Waals surface area (Å²) in [5.74, 6) is 0. The number of alkyl halides is 3. The molecule has 6 rings (SSSR count). The standard InChI is InChI=1S/C21H11F3N4/c22-21(23,24)17-11-16-12-5-1-2-6-13(12)20(28(16)27-17)14-7-3-9-25-18(14)19-15(20)8-4-10-26-19/h1-11H. The average Bonchev–Trinajstić information content (AvgIpc) is 3.34. The maximum atomic E-state index is 13.5. The van der Waals surface area contributed by atoms with E-state index in [-0.39, 0.29) is 0 Å². The highest BCUT2D eigenvalue weighted by atomic mass is 19.4. The predicted octanol–water partition coefficient (Wildman–Crippen LogP) is 4.49. The number of nitrogens with zero attached hydrogens (tertiary/aromatic N) is 4. The van der Waals surface area contributed by atoms with Crippen molar-refractivity contribution in [3.63, 3.8) is 0 Å². The van der Waals surface area contributed by atoms with Crippen molar-refractivity contribution in [1.82, 2.24) is 19.7 Å². The summed E-state index contributed by atoms with van der Waals surface area (Å²) < 4.78 is 41.9. The third kappa shape index (κ3) is 1.65. The van der Waals surface area contributed by atoms with E-state index in [0.29, 0.717) is 17.1 Å². The quantitative estimate of drug-likeness (QED) is 0.392. The van der Waals surface area contributed by atoms with Crippen LogP contribution in [0, 0.1) is 0 Å². The number of fused-ring (bicyclic) bond motifs is 10. The van der Waals surface area contributed by atoms with Crippen molar-refractivity contribution in [2.75, 3.05) is 0 Å². The lowest BCUT2D eigenvalue weighted by Gasteiger charge is -2.29. The van der Waals surface area contributed by atoms with Crippen molar-refractivity contribution in [2.24, 2.45) is 0 Å². The molecule has 0 bridgehead atoms. The van der Waals surface area contributed by atoms with E-state index in [2.05, 4.69) is 15.1 Å². The summed E-state index contributed by atoms with van der Waals surface area (Å²) in [7, 11) is 0. The molecule has 136 valence electrons. The zero-order valence-electron chi connectivity index (χ0n) is 14.3. The summed E-state index contributed by atoms with van der Waals surface area (Å²) in [6.07, 6.45) is -1.19. The van der Waals surface area contributed by atoms with Crippen LogP contribution in [0.4, 0.5) is 13.2 Å².